The van der Waals surface area contributed by atoms with Crippen molar-refractivity contribution < 1.29 is 13.9 Å². The molecule has 1 aromatic heterocycles. The summed E-state index contributed by atoms with van der Waals surface area (Å²) in [6.07, 6.45) is 2.98. The summed E-state index contributed by atoms with van der Waals surface area (Å²) in [7, 11) is 0. The highest BCUT2D eigenvalue weighted by Gasteiger charge is 2.34. The molecule has 1 saturated heterocycles. The molecule has 1 N–H and O–H groups in total. The first-order valence-electron chi connectivity index (χ1n) is 8.11. The molecule has 1 aliphatic heterocycles. The average molecular weight is 318 g/mol. The Kier molecular flexibility index (Phi) is 4.50. The van der Waals surface area contributed by atoms with Crippen molar-refractivity contribution in [3.63, 3.8) is 0 Å². The molecule has 0 amide bonds. The Morgan fingerprint density at radius 3 is 2.48 bits per heavy atom. The van der Waals surface area contributed by atoms with Gasteiger partial charge in [0.25, 0.3) is 0 Å². The molecule has 2 aromatic rings. The summed E-state index contributed by atoms with van der Waals surface area (Å²) >= 11 is 0. The number of halogens is 1. The van der Waals surface area contributed by atoms with E-state index in [0.29, 0.717) is 12.8 Å². The number of aromatic nitrogens is 1. The van der Waals surface area contributed by atoms with Crippen LogP contribution in [0.4, 0.5) is 4.39 Å². The maximum atomic E-state index is 13.0. The third-order valence-corrected chi connectivity index (χ3v) is 4.51. The van der Waals surface area contributed by atoms with E-state index in [9.17, 15) is 9.50 Å². The Morgan fingerprint density at radius 1 is 1.26 bits per heavy atom. The zero-order chi connectivity index (χ0) is 16.4. The second-order valence-electron chi connectivity index (χ2n) is 6.65. The lowest BCUT2D eigenvalue weighted by Gasteiger charge is -2.38. The van der Waals surface area contributed by atoms with Gasteiger partial charge in [0.15, 0.2) is 5.89 Å². The Labute approximate surface area is 136 Å². The van der Waals surface area contributed by atoms with E-state index in [1.807, 2.05) is 0 Å². The van der Waals surface area contributed by atoms with Crippen LogP contribution in [-0.2, 0) is 12.1 Å². The minimum atomic E-state index is -0.864. The van der Waals surface area contributed by atoms with Gasteiger partial charge in [0.2, 0.25) is 0 Å². The molecule has 0 atom stereocenters. The van der Waals surface area contributed by atoms with Crippen molar-refractivity contribution in [3.8, 4) is 0 Å². The number of oxazole rings is 1. The fourth-order valence-electron chi connectivity index (χ4n) is 3.02. The number of rotatable bonds is 4. The SMILES string of the molecule is CC(C)c1nc(CN2CCC(O)(c3ccc(F)cc3)CC2)co1. The van der Waals surface area contributed by atoms with Gasteiger partial charge in [-0.1, -0.05) is 26.0 Å². The van der Waals surface area contributed by atoms with Gasteiger partial charge in [-0.25, -0.2) is 9.37 Å². The van der Waals surface area contributed by atoms with Crippen molar-refractivity contribution in [2.45, 2.75) is 44.8 Å². The lowest BCUT2D eigenvalue weighted by atomic mass is 9.84. The molecule has 2 heterocycles. The van der Waals surface area contributed by atoms with Crippen LogP contribution in [0.25, 0.3) is 0 Å². The highest BCUT2D eigenvalue weighted by Crippen LogP contribution is 2.33. The summed E-state index contributed by atoms with van der Waals surface area (Å²) in [6.45, 7) is 6.39. The van der Waals surface area contributed by atoms with Crippen LogP contribution in [0.2, 0.25) is 0 Å². The fourth-order valence-corrected chi connectivity index (χ4v) is 3.02. The van der Waals surface area contributed by atoms with Crippen LogP contribution in [0.3, 0.4) is 0 Å². The van der Waals surface area contributed by atoms with Crippen molar-refractivity contribution in [2.75, 3.05) is 13.1 Å². The van der Waals surface area contributed by atoms with Gasteiger partial charge in [0.1, 0.15) is 12.1 Å². The maximum absolute atomic E-state index is 13.0. The number of hydrogen-bond acceptors (Lipinski definition) is 4. The van der Waals surface area contributed by atoms with E-state index < -0.39 is 5.60 Å². The Morgan fingerprint density at radius 2 is 1.91 bits per heavy atom. The first-order chi connectivity index (χ1) is 11.0. The van der Waals surface area contributed by atoms with Crippen molar-refractivity contribution in [2.24, 2.45) is 0 Å². The molecule has 0 unspecified atom stereocenters. The van der Waals surface area contributed by atoms with E-state index in [0.717, 1.165) is 36.8 Å². The second kappa shape index (κ2) is 6.42. The number of hydrogen-bond donors (Lipinski definition) is 1. The summed E-state index contributed by atoms with van der Waals surface area (Å²) in [5.74, 6) is 0.773. The molecule has 1 aromatic carbocycles. The molecule has 1 fully saturated rings. The highest BCUT2D eigenvalue weighted by atomic mass is 19.1. The smallest absolute Gasteiger partial charge is 0.196 e. The zero-order valence-corrected chi connectivity index (χ0v) is 13.6. The van der Waals surface area contributed by atoms with Crippen molar-refractivity contribution >= 4 is 0 Å². The fraction of sp³-hybridized carbons (Fsp3) is 0.500. The summed E-state index contributed by atoms with van der Waals surface area (Å²) in [6, 6.07) is 6.17. The predicted octanol–water partition coefficient (Wildman–Crippen LogP) is 3.42. The van der Waals surface area contributed by atoms with Crippen LogP contribution in [-0.4, -0.2) is 28.1 Å². The summed E-state index contributed by atoms with van der Waals surface area (Å²) < 4.78 is 18.5. The molecular formula is C18H23FN2O2. The number of likely N-dealkylation sites (tertiary alicyclic amines) is 1. The van der Waals surface area contributed by atoms with Crippen LogP contribution >= 0.6 is 0 Å². The topological polar surface area (TPSA) is 49.5 Å². The van der Waals surface area contributed by atoms with Gasteiger partial charge in [-0.2, -0.15) is 0 Å². The lowest BCUT2D eigenvalue weighted by Crippen LogP contribution is -2.42. The maximum Gasteiger partial charge on any atom is 0.196 e. The molecule has 0 saturated carbocycles. The van der Waals surface area contributed by atoms with E-state index in [1.165, 1.54) is 12.1 Å². The normalized spacial score (nSPS) is 18.5. The number of benzene rings is 1. The number of aliphatic hydroxyl groups is 1. The van der Waals surface area contributed by atoms with Gasteiger partial charge in [-0.15, -0.1) is 0 Å². The largest absolute Gasteiger partial charge is 0.448 e. The van der Waals surface area contributed by atoms with Gasteiger partial charge < -0.3 is 9.52 Å². The van der Waals surface area contributed by atoms with Gasteiger partial charge in [-0.3, -0.25) is 4.90 Å². The molecule has 1 aliphatic rings. The quantitative estimate of drug-likeness (QED) is 0.938. The van der Waals surface area contributed by atoms with E-state index in [1.54, 1.807) is 18.4 Å². The summed E-state index contributed by atoms with van der Waals surface area (Å²) in [4.78, 5) is 6.76. The first-order valence-corrected chi connectivity index (χ1v) is 8.11. The highest BCUT2D eigenvalue weighted by molar-refractivity contribution is 5.23. The standard InChI is InChI=1S/C18H23FN2O2/c1-13(2)17-20-16(12-23-17)11-21-9-7-18(22,8-10-21)14-3-5-15(19)6-4-14/h3-6,12-13,22H,7-11H2,1-2H3. The molecule has 3 rings (SSSR count). The molecule has 0 radical (unpaired) electrons. The van der Waals surface area contributed by atoms with E-state index >= 15 is 0 Å². The van der Waals surface area contributed by atoms with Crippen LogP contribution in [0, 0.1) is 5.82 Å². The summed E-state index contributed by atoms with van der Waals surface area (Å²) in [5, 5.41) is 10.8. The van der Waals surface area contributed by atoms with Gasteiger partial charge in [-0.05, 0) is 30.5 Å². The Balaban J connectivity index is 1.60. The third kappa shape index (κ3) is 3.62. The van der Waals surface area contributed by atoms with Gasteiger partial charge in [0, 0.05) is 25.6 Å². The zero-order valence-electron chi connectivity index (χ0n) is 13.6. The van der Waals surface area contributed by atoms with Crippen LogP contribution < -0.4 is 0 Å². The third-order valence-electron chi connectivity index (χ3n) is 4.51. The lowest BCUT2D eigenvalue weighted by molar-refractivity contribution is -0.0280. The van der Waals surface area contributed by atoms with Gasteiger partial charge in [0.05, 0.1) is 11.3 Å². The van der Waals surface area contributed by atoms with Crippen molar-refractivity contribution in [1.29, 1.82) is 0 Å². The Bertz CT molecular complexity index is 643. The molecule has 0 bridgehead atoms. The average Bonchev–Trinajstić information content (AvgIpc) is 2.99. The van der Waals surface area contributed by atoms with Crippen LogP contribution in [0.1, 0.15) is 49.8 Å². The van der Waals surface area contributed by atoms with E-state index in [-0.39, 0.29) is 11.7 Å². The van der Waals surface area contributed by atoms with Gasteiger partial charge >= 0.3 is 0 Å². The predicted molar refractivity (Wildman–Crippen MR) is 85.4 cm³/mol. The molecule has 23 heavy (non-hydrogen) atoms. The monoisotopic (exact) mass is 318 g/mol. The minimum Gasteiger partial charge on any atom is -0.448 e. The number of nitrogens with zero attached hydrogens (tertiary/aromatic N) is 2. The second-order valence-corrected chi connectivity index (χ2v) is 6.65. The molecular weight excluding hydrogens is 295 g/mol. The van der Waals surface area contributed by atoms with Crippen LogP contribution in [0.15, 0.2) is 34.9 Å². The van der Waals surface area contributed by atoms with E-state index in [4.69, 9.17) is 4.42 Å². The van der Waals surface area contributed by atoms with Crippen molar-refractivity contribution in [3.05, 3.63) is 53.5 Å². The summed E-state index contributed by atoms with van der Waals surface area (Å²) in [5.41, 5.74) is 0.861. The minimum absolute atomic E-state index is 0.276. The van der Waals surface area contributed by atoms with Crippen molar-refractivity contribution in [1.82, 2.24) is 9.88 Å². The molecule has 0 spiro atoms. The molecule has 0 aliphatic carbocycles. The Hall–Kier alpha value is -1.72. The number of piperidine rings is 1. The van der Waals surface area contributed by atoms with E-state index in [2.05, 4.69) is 23.7 Å². The van der Waals surface area contributed by atoms with Crippen LogP contribution in [0.5, 0.6) is 0 Å². The first kappa shape index (κ1) is 16.1. The molecule has 4 nitrogen and oxygen atoms in total. The molecule has 5 heteroatoms. The molecule has 124 valence electrons.